The molecule has 1 atom stereocenters. The Balaban J connectivity index is 0.00000200. The Bertz CT molecular complexity index is 479. The second-order valence-corrected chi connectivity index (χ2v) is 5.46. The van der Waals surface area contributed by atoms with E-state index in [2.05, 4.69) is 10.6 Å². The summed E-state index contributed by atoms with van der Waals surface area (Å²) in [7, 11) is 0. The van der Waals surface area contributed by atoms with E-state index in [1.165, 1.54) is 6.07 Å². The molecule has 0 aliphatic carbocycles. The summed E-state index contributed by atoms with van der Waals surface area (Å²) >= 11 is 11.5. The summed E-state index contributed by atoms with van der Waals surface area (Å²) in [6.07, 6.45) is 2.04. The first-order valence-electron chi connectivity index (χ1n) is 6.21. The van der Waals surface area contributed by atoms with E-state index in [0.29, 0.717) is 12.5 Å². The fourth-order valence-corrected chi connectivity index (χ4v) is 2.61. The number of halogens is 4. The number of nitrogens with one attached hydrogen (secondary N) is 2. The smallest absolute Gasteiger partial charge is 0.252 e. The van der Waals surface area contributed by atoms with Crippen LogP contribution in [0.15, 0.2) is 12.1 Å². The van der Waals surface area contributed by atoms with Gasteiger partial charge in [0.05, 0.1) is 15.6 Å². The second-order valence-electron chi connectivity index (χ2n) is 4.65. The maximum Gasteiger partial charge on any atom is 0.252 e. The molecule has 0 bridgehead atoms. The van der Waals surface area contributed by atoms with Crippen molar-refractivity contribution in [3.8, 4) is 0 Å². The predicted octanol–water partition coefficient (Wildman–Crippen LogP) is 3.28. The highest BCUT2D eigenvalue weighted by molar-refractivity contribution is 6.36. The molecule has 0 aromatic heterocycles. The van der Waals surface area contributed by atoms with Crippen molar-refractivity contribution in [3.05, 3.63) is 33.6 Å². The van der Waals surface area contributed by atoms with E-state index < -0.39 is 5.82 Å². The number of benzene rings is 1. The summed E-state index contributed by atoms with van der Waals surface area (Å²) in [6.45, 7) is 2.59. The Kier molecular flexibility index (Phi) is 7.03. The van der Waals surface area contributed by atoms with Gasteiger partial charge in [-0.1, -0.05) is 23.2 Å². The van der Waals surface area contributed by atoms with Crippen LogP contribution in [0.5, 0.6) is 0 Å². The molecule has 2 rings (SSSR count). The molecule has 0 saturated carbocycles. The van der Waals surface area contributed by atoms with Crippen LogP contribution >= 0.6 is 35.6 Å². The predicted molar refractivity (Wildman–Crippen MR) is 81.6 cm³/mol. The van der Waals surface area contributed by atoms with Crippen molar-refractivity contribution in [1.82, 2.24) is 10.6 Å². The lowest BCUT2D eigenvalue weighted by atomic mass is 10.1. The van der Waals surface area contributed by atoms with Gasteiger partial charge < -0.3 is 10.6 Å². The van der Waals surface area contributed by atoms with Crippen molar-refractivity contribution in [2.75, 3.05) is 19.6 Å². The topological polar surface area (TPSA) is 41.1 Å². The Hall–Kier alpha value is -0.550. The first-order valence-corrected chi connectivity index (χ1v) is 6.97. The highest BCUT2D eigenvalue weighted by Crippen LogP contribution is 2.24. The van der Waals surface area contributed by atoms with Gasteiger partial charge in [0.2, 0.25) is 0 Å². The van der Waals surface area contributed by atoms with Gasteiger partial charge in [-0.15, -0.1) is 12.4 Å². The minimum atomic E-state index is -0.642. The average molecular weight is 342 g/mol. The van der Waals surface area contributed by atoms with Crippen LogP contribution in [0.3, 0.4) is 0 Å². The van der Waals surface area contributed by atoms with Crippen LogP contribution in [0.25, 0.3) is 0 Å². The van der Waals surface area contributed by atoms with E-state index >= 15 is 0 Å². The van der Waals surface area contributed by atoms with Crippen molar-refractivity contribution in [3.63, 3.8) is 0 Å². The first-order chi connectivity index (χ1) is 9.08. The van der Waals surface area contributed by atoms with E-state index in [4.69, 9.17) is 23.2 Å². The zero-order chi connectivity index (χ0) is 13.8. The molecule has 1 unspecified atom stereocenters. The van der Waals surface area contributed by atoms with Crippen LogP contribution in [0.4, 0.5) is 4.39 Å². The minimum absolute atomic E-state index is 0. The van der Waals surface area contributed by atoms with Gasteiger partial charge in [0.25, 0.3) is 5.91 Å². The molecule has 1 fully saturated rings. The SMILES string of the molecule is Cl.O=C(NCCC1CCNC1)c1cc(F)c(Cl)cc1Cl. The lowest BCUT2D eigenvalue weighted by Crippen LogP contribution is -2.26. The van der Waals surface area contributed by atoms with Crippen LogP contribution in [0.1, 0.15) is 23.2 Å². The third kappa shape index (κ3) is 4.48. The first kappa shape index (κ1) is 17.5. The zero-order valence-electron chi connectivity index (χ0n) is 10.7. The number of rotatable bonds is 4. The van der Waals surface area contributed by atoms with Gasteiger partial charge in [0.15, 0.2) is 0 Å². The molecule has 3 nitrogen and oxygen atoms in total. The van der Waals surface area contributed by atoms with Gasteiger partial charge >= 0.3 is 0 Å². The van der Waals surface area contributed by atoms with Crippen LogP contribution in [-0.2, 0) is 0 Å². The number of carbonyl (C=O) groups excluding carboxylic acids is 1. The third-order valence-electron chi connectivity index (χ3n) is 3.26. The van der Waals surface area contributed by atoms with Crippen LogP contribution < -0.4 is 10.6 Å². The van der Waals surface area contributed by atoms with Crippen molar-refractivity contribution in [2.45, 2.75) is 12.8 Å². The Labute approximate surface area is 133 Å². The maximum atomic E-state index is 13.3. The molecular formula is C13H16Cl3FN2O. The van der Waals surface area contributed by atoms with Crippen LogP contribution in [-0.4, -0.2) is 25.5 Å². The minimum Gasteiger partial charge on any atom is -0.352 e. The quantitative estimate of drug-likeness (QED) is 0.825. The molecule has 2 N–H and O–H groups in total. The van der Waals surface area contributed by atoms with Gasteiger partial charge in [-0.25, -0.2) is 4.39 Å². The van der Waals surface area contributed by atoms with Crippen LogP contribution in [0.2, 0.25) is 10.0 Å². The lowest BCUT2D eigenvalue weighted by Gasteiger charge is -2.10. The highest BCUT2D eigenvalue weighted by atomic mass is 35.5. The van der Waals surface area contributed by atoms with E-state index in [1.807, 2.05) is 0 Å². The largest absolute Gasteiger partial charge is 0.352 e. The molecule has 1 aliphatic rings. The Morgan fingerprint density at radius 2 is 2.15 bits per heavy atom. The normalized spacial score (nSPS) is 17.6. The van der Waals surface area contributed by atoms with Gasteiger partial charge in [-0.05, 0) is 44.0 Å². The van der Waals surface area contributed by atoms with Crippen LogP contribution in [0, 0.1) is 11.7 Å². The molecule has 112 valence electrons. The van der Waals surface area contributed by atoms with Crippen molar-refractivity contribution < 1.29 is 9.18 Å². The molecule has 1 amide bonds. The van der Waals surface area contributed by atoms with Gasteiger partial charge in [0, 0.05) is 6.54 Å². The molecular weight excluding hydrogens is 326 g/mol. The van der Waals surface area contributed by atoms with Gasteiger partial charge in [-0.3, -0.25) is 4.79 Å². The van der Waals surface area contributed by atoms with E-state index in [-0.39, 0.29) is 33.9 Å². The van der Waals surface area contributed by atoms with E-state index in [1.54, 1.807) is 0 Å². The summed E-state index contributed by atoms with van der Waals surface area (Å²) < 4.78 is 13.3. The summed E-state index contributed by atoms with van der Waals surface area (Å²) in [5.74, 6) is -0.416. The van der Waals surface area contributed by atoms with Crippen molar-refractivity contribution >= 4 is 41.5 Å². The number of carbonyl (C=O) groups is 1. The number of hydrogen-bond donors (Lipinski definition) is 2. The molecule has 0 spiro atoms. The summed E-state index contributed by atoms with van der Waals surface area (Å²) in [6, 6.07) is 2.31. The average Bonchev–Trinajstić information content (AvgIpc) is 2.86. The summed E-state index contributed by atoms with van der Waals surface area (Å²) in [5.41, 5.74) is 0.119. The van der Waals surface area contributed by atoms with Gasteiger partial charge in [-0.2, -0.15) is 0 Å². The van der Waals surface area contributed by atoms with Gasteiger partial charge in [0.1, 0.15) is 5.82 Å². The highest BCUT2D eigenvalue weighted by Gasteiger charge is 2.16. The molecule has 1 aromatic carbocycles. The fraction of sp³-hybridized carbons (Fsp3) is 0.462. The fourth-order valence-electron chi connectivity index (χ4n) is 2.14. The molecule has 1 saturated heterocycles. The monoisotopic (exact) mass is 340 g/mol. The number of amides is 1. The molecule has 20 heavy (non-hydrogen) atoms. The summed E-state index contributed by atoms with van der Waals surface area (Å²) in [5, 5.41) is 6.09. The molecule has 0 radical (unpaired) electrons. The Morgan fingerprint density at radius 3 is 2.80 bits per heavy atom. The van der Waals surface area contributed by atoms with Crippen molar-refractivity contribution in [2.24, 2.45) is 5.92 Å². The Morgan fingerprint density at radius 1 is 1.40 bits per heavy atom. The van der Waals surface area contributed by atoms with E-state index in [0.717, 1.165) is 32.0 Å². The van der Waals surface area contributed by atoms with Crippen molar-refractivity contribution in [1.29, 1.82) is 0 Å². The second kappa shape index (κ2) is 8.03. The molecule has 1 aromatic rings. The maximum absolute atomic E-state index is 13.3. The molecule has 1 heterocycles. The third-order valence-corrected chi connectivity index (χ3v) is 3.86. The van der Waals surface area contributed by atoms with E-state index in [9.17, 15) is 9.18 Å². The zero-order valence-corrected chi connectivity index (χ0v) is 13.0. The lowest BCUT2D eigenvalue weighted by molar-refractivity contribution is 0.0951. The molecule has 1 aliphatic heterocycles. The summed E-state index contributed by atoms with van der Waals surface area (Å²) in [4.78, 5) is 11.9. The standard InChI is InChI=1S/C13H15Cl2FN2O.ClH/c14-10-6-11(15)12(16)5-9(10)13(19)18-4-2-8-1-3-17-7-8;/h5-6,8,17H,1-4,7H2,(H,18,19);1H. The molecule has 7 heteroatoms. The number of hydrogen-bond acceptors (Lipinski definition) is 2.